The van der Waals surface area contributed by atoms with E-state index in [0.717, 1.165) is 41.6 Å². The molecule has 0 aromatic carbocycles. The molecule has 0 aliphatic carbocycles. The largest absolute Gasteiger partial charge is 0.266 e. The molecule has 0 fully saturated rings. The average molecular weight is 314 g/mol. The van der Waals surface area contributed by atoms with Crippen LogP contribution in [-0.4, -0.2) is 36.3 Å². The summed E-state index contributed by atoms with van der Waals surface area (Å²) in [7, 11) is 0. The Kier molecular flexibility index (Phi) is 5.10. The number of aromatic nitrogens is 5. The fraction of sp³-hybridized carbons (Fsp3) is 0.615. The van der Waals surface area contributed by atoms with Crippen molar-refractivity contribution in [1.82, 2.24) is 24.8 Å². The van der Waals surface area contributed by atoms with Crippen LogP contribution in [-0.2, 0) is 19.5 Å². The molecule has 0 amide bonds. The maximum absolute atomic E-state index is 6.14. The molecule has 20 heavy (non-hydrogen) atoms. The summed E-state index contributed by atoms with van der Waals surface area (Å²) in [5.41, 5.74) is 2.91. The average Bonchev–Trinajstić information content (AvgIpc) is 2.97. The van der Waals surface area contributed by atoms with Crippen LogP contribution in [0.25, 0.3) is 0 Å². The number of halogens is 1. The Morgan fingerprint density at radius 1 is 1.35 bits per heavy atom. The Hall–Kier alpha value is -1.01. The predicted octanol–water partition coefficient (Wildman–Crippen LogP) is 2.74. The Morgan fingerprint density at radius 3 is 2.70 bits per heavy atom. The first-order valence-corrected chi connectivity index (χ1v) is 8.29. The van der Waals surface area contributed by atoms with Gasteiger partial charge in [0, 0.05) is 17.9 Å². The fourth-order valence-corrected chi connectivity index (χ4v) is 2.48. The smallest absolute Gasteiger partial charge is 0.0844 e. The summed E-state index contributed by atoms with van der Waals surface area (Å²) in [5, 5.41) is 14.1. The molecule has 0 unspecified atom stereocenters. The highest BCUT2D eigenvalue weighted by molar-refractivity contribution is 7.99. The van der Waals surface area contributed by atoms with Crippen LogP contribution in [0, 0.1) is 13.8 Å². The topological polar surface area (TPSA) is 48.5 Å². The summed E-state index contributed by atoms with van der Waals surface area (Å²) < 4.78 is 3.79. The summed E-state index contributed by atoms with van der Waals surface area (Å²) in [6, 6.07) is 0. The number of aryl methyl sites for hydroxylation is 3. The van der Waals surface area contributed by atoms with E-state index in [1.54, 1.807) is 0 Å². The number of nitrogens with zero attached hydrogens (tertiary/aromatic N) is 5. The molecule has 1 atom stereocenters. The van der Waals surface area contributed by atoms with Crippen LogP contribution < -0.4 is 0 Å². The molecular formula is C13H20ClN5S. The summed E-state index contributed by atoms with van der Waals surface area (Å²) in [5.74, 6) is 0. The first kappa shape index (κ1) is 15.4. The van der Waals surface area contributed by atoms with Gasteiger partial charge in [0.2, 0.25) is 0 Å². The van der Waals surface area contributed by atoms with Crippen LogP contribution in [0.5, 0.6) is 0 Å². The Bertz CT molecular complexity index is 577. The van der Waals surface area contributed by atoms with Crippen LogP contribution >= 0.6 is 23.4 Å². The minimum absolute atomic E-state index is 0.565. The van der Waals surface area contributed by atoms with Gasteiger partial charge in [-0.1, -0.05) is 23.7 Å². The molecule has 0 aliphatic heterocycles. The first-order chi connectivity index (χ1) is 9.51. The van der Waals surface area contributed by atoms with E-state index in [1.165, 1.54) is 0 Å². The van der Waals surface area contributed by atoms with Gasteiger partial charge in [0.1, 0.15) is 0 Å². The Labute approximate surface area is 128 Å². The van der Waals surface area contributed by atoms with Crippen LogP contribution in [0.1, 0.15) is 24.0 Å². The highest BCUT2D eigenvalue weighted by Crippen LogP contribution is 2.18. The third kappa shape index (κ3) is 3.55. The van der Waals surface area contributed by atoms with E-state index >= 15 is 0 Å². The molecular weight excluding hydrogens is 294 g/mol. The van der Waals surface area contributed by atoms with Gasteiger partial charge >= 0.3 is 0 Å². The highest BCUT2D eigenvalue weighted by Gasteiger charge is 2.10. The molecule has 0 radical (unpaired) electrons. The standard InChI is InChI=1S/C13H20ClN5S/c1-9(20-4)7-12-8-18(17-15-12)5-6-19-11(3)13(14)10(2)16-19/h8-9H,5-7H2,1-4H3/t9-/m1/s1. The fourth-order valence-electron chi connectivity index (χ4n) is 2.01. The summed E-state index contributed by atoms with van der Waals surface area (Å²) in [6.07, 6.45) is 5.08. The first-order valence-electron chi connectivity index (χ1n) is 6.62. The Balaban J connectivity index is 1.95. The molecule has 5 nitrogen and oxygen atoms in total. The predicted molar refractivity (Wildman–Crippen MR) is 83.4 cm³/mol. The molecule has 0 saturated carbocycles. The van der Waals surface area contributed by atoms with Crippen LogP contribution in [0.3, 0.4) is 0 Å². The minimum Gasteiger partial charge on any atom is -0.266 e. The second-order valence-electron chi connectivity index (χ2n) is 4.93. The third-order valence-corrected chi connectivity index (χ3v) is 4.84. The summed E-state index contributed by atoms with van der Waals surface area (Å²) in [4.78, 5) is 0. The second kappa shape index (κ2) is 6.63. The van der Waals surface area contributed by atoms with Gasteiger partial charge in [-0.05, 0) is 20.1 Å². The highest BCUT2D eigenvalue weighted by atomic mass is 35.5. The van der Waals surface area contributed by atoms with Gasteiger partial charge in [-0.15, -0.1) is 5.10 Å². The van der Waals surface area contributed by atoms with E-state index in [1.807, 2.05) is 41.2 Å². The van der Waals surface area contributed by atoms with E-state index in [2.05, 4.69) is 28.6 Å². The molecule has 2 heterocycles. The van der Waals surface area contributed by atoms with Gasteiger partial charge in [-0.2, -0.15) is 16.9 Å². The van der Waals surface area contributed by atoms with E-state index in [4.69, 9.17) is 11.6 Å². The van der Waals surface area contributed by atoms with E-state index in [0.29, 0.717) is 5.25 Å². The zero-order valence-electron chi connectivity index (χ0n) is 12.3. The zero-order valence-corrected chi connectivity index (χ0v) is 13.9. The molecule has 0 saturated heterocycles. The van der Waals surface area contributed by atoms with Crippen molar-refractivity contribution in [2.24, 2.45) is 0 Å². The van der Waals surface area contributed by atoms with Crippen molar-refractivity contribution in [3.63, 3.8) is 0 Å². The third-order valence-electron chi connectivity index (χ3n) is 3.32. The van der Waals surface area contributed by atoms with E-state index in [-0.39, 0.29) is 0 Å². The molecule has 110 valence electrons. The lowest BCUT2D eigenvalue weighted by Gasteiger charge is -2.04. The van der Waals surface area contributed by atoms with Crippen molar-refractivity contribution in [3.8, 4) is 0 Å². The van der Waals surface area contributed by atoms with E-state index < -0.39 is 0 Å². The summed E-state index contributed by atoms with van der Waals surface area (Å²) in [6.45, 7) is 7.60. The lowest BCUT2D eigenvalue weighted by molar-refractivity contribution is 0.481. The summed E-state index contributed by atoms with van der Waals surface area (Å²) >= 11 is 7.98. The van der Waals surface area contributed by atoms with Crippen LogP contribution in [0.4, 0.5) is 0 Å². The van der Waals surface area contributed by atoms with Crippen molar-refractivity contribution in [1.29, 1.82) is 0 Å². The van der Waals surface area contributed by atoms with Gasteiger partial charge in [-0.3, -0.25) is 9.36 Å². The van der Waals surface area contributed by atoms with Crippen molar-refractivity contribution < 1.29 is 0 Å². The number of rotatable bonds is 6. The zero-order chi connectivity index (χ0) is 14.7. The number of thioether (sulfide) groups is 1. The maximum Gasteiger partial charge on any atom is 0.0844 e. The molecule has 2 aromatic rings. The monoisotopic (exact) mass is 313 g/mol. The molecule has 0 aliphatic rings. The van der Waals surface area contributed by atoms with Crippen molar-refractivity contribution in [3.05, 3.63) is 28.3 Å². The van der Waals surface area contributed by atoms with Crippen LogP contribution in [0.15, 0.2) is 6.20 Å². The van der Waals surface area contributed by atoms with Gasteiger partial charge < -0.3 is 0 Å². The number of hydrogen-bond donors (Lipinski definition) is 0. The molecule has 0 spiro atoms. The normalized spacial score (nSPS) is 12.8. The van der Waals surface area contributed by atoms with Gasteiger partial charge in [0.25, 0.3) is 0 Å². The molecule has 2 rings (SSSR count). The second-order valence-corrected chi connectivity index (χ2v) is 6.59. The minimum atomic E-state index is 0.565. The number of hydrogen-bond acceptors (Lipinski definition) is 4. The lowest BCUT2D eigenvalue weighted by Crippen LogP contribution is -2.10. The molecule has 0 N–H and O–H groups in total. The van der Waals surface area contributed by atoms with E-state index in [9.17, 15) is 0 Å². The van der Waals surface area contributed by atoms with Crippen molar-refractivity contribution in [2.45, 2.75) is 45.5 Å². The van der Waals surface area contributed by atoms with Crippen molar-refractivity contribution in [2.75, 3.05) is 6.26 Å². The quantitative estimate of drug-likeness (QED) is 0.823. The van der Waals surface area contributed by atoms with Crippen LogP contribution in [0.2, 0.25) is 5.02 Å². The molecule has 7 heteroatoms. The molecule has 0 bridgehead atoms. The van der Waals surface area contributed by atoms with Gasteiger partial charge in [0.15, 0.2) is 0 Å². The SMILES string of the molecule is CS[C@H](C)Cc1cn(CCn2nc(C)c(Cl)c2C)nn1. The van der Waals surface area contributed by atoms with Gasteiger partial charge in [-0.25, -0.2) is 0 Å². The molecule has 2 aromatic heterocycles. The Morgan fingerprint density at radius 2 is 2.10 bits per heavy atom. The lowest BCUT2D eigenvalue weighted by atomic mass is 10.3. The maximum atomic E-state index is 6.14. The van der Waals surface area contributed by atoms with Gasteiger partial charge in [0.05, 0.1) is 35.2 Å². The van der Waals surface area contributed by atoms with Crippen molar-refractivity contribution >= 4 is 23.4 Å².